The molecule has 0 aliphatic rings. The van der Waals surface area contributed by atoms with Gasteiger partial charge in [0.25, 0.3) is 10.0 Å². The number of aryl methyl sites for hydroxylation is 2. The lowest BCUT2D eigenvalue weighted by Gasteiger charge is -2.33. The lowest BCUT2D eigenvalue weighted by atomic mass is 10.1. The van der Waals surface area contributed by atoms with E-state index in [0.717, 1.165) is 9.87 Å². The molecule has 1 unspecified atom stereocenters. The summed E-state index contributed by atoms with van der Waals surface area (Å²) in [6.45, 7) is 8.98. The van der Waals surface area contributed by atoms with E-state index >= 15 is 0 Å². The molecule has 40 heavy (non-hydrogen) atoms. The molecule has 10 heteroatoms. The molecule has 0 heterocycles. The predicted octanol–water partition coefficient (Wildman–Crippen LogP) is 6.00. The van der Waals surface area contributed by atoms with Gasteiger partial charge < -0.3 is 10.2 Å². The van der Waals surface area contributed by atoms with E-state index in [2.05, 4.69) is 5.32 Å². The maximum atomic E-state index is 14.1. The SMILES string of the molecule is Cc1ccc(C)c(N(CC(=O)N(Cc2c(Cl)cccc2Cl)C(C)C(=O)NCC(C)C)S(=O)(=O)c2ccccc2)c1. The first-order valence-corrected chi connectivity index (χ1v) is 15.2. The van der Waals surface area contributed by atoms with Gasteiger partial charge >= 0.3 is 0 Å². The van der Waals surface area contributed by atoms with E-state index in [1.54, 1.807) is 56.3 Å². The number of benzene rings is 3. The molecule has 2 amide bonds. The summed E-state index contributed by atoms with van der Waals surface area (Å²) in [6.07, 6.45) is 0. The quantitative estimate of drug-likeness (QED) is 0.291. The summed E-state index contributed by atoms with van der Waals surface area (Å²) in [5, 5.41) is 3.53. The fraction of sp³-hybridized carbons (Fsp3) is 0.333. The van der Waals surface area contributed by atoms with E-state index in [1.807, 2.05) is 32.9 Å². The van der Waals surface area contributed by atoms with E-state index in [9.17, 15) is 18.0 Å². The monoisotopic (exact) mass is 603 g/mol. The van der Waals surface area contributed by atoms with Crippen LogP contribution in [0.5, 0.6) is 0 Å². The molecule has 1 atom stereocenters. The summed E-state index contributed by atoms with van der Waals surface area (Å²) in [5.74, 6) is -0.743. The molecular weight excluding hydrogens is 569 g/mol. The number of halogens is 2. The highest BCUT2D eigenvalue weighted by atomic mass is 35.5. The number of carbonyl (C=O) groups is 2. The third-order valence-electron chi connectivity index (χ3n) is 6.49. The number of nitrogens with zero attached hydrogens (tertiary/aromatic N) is 2. The Morgan fingerprint density at radius 1 is 0.900 bits per heavy atom. The molecule has 0 aromatic heterocycles. The zero-order valence-corrected chi connectivity index (χ0v) is 25.6. The first-order valence-electron chi connectivity index (χ1n) is 13.0. The van der Waals surface area contributed by atoms with Crippen molar-refractivity contribution in [1.29, 1.82) is 0 Å². The molecule has 214 valence electrons. The van der Waals surface area contributed by atoms with Gasteiger partial charge in [0.15, 0.2) is 0 Å². The fourth-order valence-corrected chi connectivity index (χ4v) is 6.12. The molecule has 3 rings (SSSR count). The first-order chi connectivity index (χ1) is 18.8. The Balaban J connectivity index is 2.08. The van der Waals surface area contributed by atoms with Crippen LogP contribution in [0.4, 0.5) is 5.69 Å². The first kappa shape index (κ1) is 31.5. The molecule has 0 bridgehead atoms. The molecule has 3 aromatic carbocycles. The number of hydrogen-bond donors (Lipinski definition) is 1. The molecule has 3 aromatic rings. The van der Waals surface area contributed by atoms with Crippen LogP contribution in [-0.2, 0) is 26.2 Å². The minimum Gasteiger partial charge on any atom is -0.354 e. The number of anilines is 1. The summed E-state index contributed by atoms with van der Waals surface area (Å²) in [5.41, 5.74) is 2.36. The van der Waals surface area contributed by atoms with Crippen LogP contribution < -0.4 is 9.62 Å². The number of nitrogens with one attached hydrogen (secondary N) is 1. The van der Waals surface area contributed by atoms with Gasteiger partial charge in [-0.15, -0.1) is 0 Å². The molecule has 0 saturated carbocycles. The molecule has 7 nitrogen and oxygen atoms in total. The fourth-order valence-electron chi connectivity index (χ4n) is 4.11. The Labute approximate surface area is 247 Å². The summed E-state index contributed by atoms with van der Waals surface area (Å²) in [6, 6.07) is 17.4. The van der Waals surface area contributed by atoms with Crippen LogP contribution in [0.15, 0.2) is 71.6 Å². The molecule has 0 fully saturated rings. The van der Waals surface area contributed by atoms with Crippen molar-refractivity contribution in [2.24, 2.45) is 5.92 Å². The van der Waals surface area contributed by atoms with E-state index in [0.29, 0.717) is 33.4 Å². The van der Waals surface area contributed by atoms with E-state index in [-0.39, 0.29) is 23.3 Å². The highest BCUT2D eigenvalue weighted by Crippen LogP contribution is 2.30. The summed E-state index contributed by atoms with van der Waals surface area (Å²) in [4.78, 5) is 28.6. The van der Waals surface area contributed by atoms with Crippen molar-refractivity contribution in [2.45, 2.75) is 52.1 Å². The molecule has 0 spiro atoms. The summed E-state index contributed by atoms with van der Waals surface area (Å²) in [7, 11) is -4.15. The highest BCUT2D eigenvalue weighted by Gasteiger charge is 2.33. The third kappa shape index (κ3) is 7.56. The molecule has 0 saturated heterocycles. The van der Waals surface area contributed by atoms with Gasteiger partial charge in [-0.3, -0.25) is 13.9 Å². The van der Waals surface area contributed by atoms with E-state index < -0.39 is 28.5 Å². The Kier molecular flexibility index (Phi) is 10.6. The number of amides is 2. The Bertz CT molecular complexity index is 1440. The maximum Gasteiger partial charge on any atom is 0.264 e. The van der Waals surface area contributed by atoms with Crippen LogP contribution in [0, 0.1) is 19.8 Å². The van der Waals surface area contributed by atoms with Crippen molar-refractivity contribution in [2.75, 3.05) is 17.4 Å². The third-order valence-corrected chi connectivity index (χ3v) is 8.97. The van der Waals surface area contributed by atoms with Crippen molar-refractivity contribution in [3.05, 3.63) is 93.5 Å². The van der Waals surface area contributed by atoms with Gasteiger partial charge in [0.05, 0.1) is 10.6 Å². The minimum absolute atomic E-state index is 0.0483. The summed E-state index contributed by atoms with van der Waals surface area (Å²) < 4.78 is 29.0. The Morgan fingerprint density at radius 2 is 1.52 bits per heavy atom. The normalized spacial score (nSPS) is 12.2. The van der Waals surface area contributed by atoms with E-state index in [4.69, 9.17) is 23.2 Å². The van der Waals surface area contributed by atoms with Crippen molar-refractivity contribution < 1.29 is 18.0 Å². The van der Waals surface area contributed by atoms with Crippen molar-refractivity contribution in [1.82, 2.24) is 10.2 Å². The second-order valence-electron chi connectivity index (χ2n) is 10.2. The smallest absolute Gasteiger partial charge is 0.264 e. The van der Waals surface area contributed by atoms with Crippen LogP contribution in [-0.4, -0.2) is 44.3 Å². The number of carbonyl (C=O) groups excluding carboxylic acids is 2. The summed E-state index contributed by atoms with van der Waals surface area (Å²) >= 11 is 12.9. The topological polar surface area (TPSA) is 86.8 Å². The van der Waals surface area contributed by atoms with Crippen LogP contribution in [0.1, 0.15) is 37.5 Å². The lowest BCUT2D eigenvalue weighted by molar-refractivity contribution is -0.139. The second kappa shape index (κ2) is 13.5. The molecule has 0 radical (unpaired) electrons. The zero-order valence-electron chi connectivity index (χ0n) is 23.3. The van der Waals surface area contributed by atoms with Gasteiger partial charge in [-0.25, -0.2) is 8.42 Å². The average molecular weight is 605 g/mol. The van der Waals surface area contributed by atoms with Crippen LogP contribution in [0.25, 0.3) is 0 Å². The van der Waals surface area contributed by atoms with Gasteiger partial charge in [0.1, 0.15) is 12.6 Å². The highest BCUT2D eigenvalue weighted by molar-refractivity contribution is 7.92. The van der Waals surface area contributed by atoms with Gasteiger partial charge in [-0.1, -0.05) is 73.4 Å². The van der Waals surface area contributed by atoms with Crippen LogP contribution in [0.3, 0.4) is 0 Å². The largest absolute Gasteiger partial charge is 0.354 e. The van der Waals surface area contributed by atoms with Gasteiger partial charge in [-0.2, -0.15) is 0 Å². The maximum absolute atomic E-state index is 14.1. The lowest BCUT2D eigenvalue weighted by Crippen LogP contribution is -2.51. The van der Waals surface area contributed by atoms with Crippen molar-refractivity contribution in [3.63, 3.8) is 0 Å². The number of rotatable bonds is 11. The van der Waals surface area contributed by atoms with Gasteiger partial charge in [-0.05, 0) is 68.1 Å². The zero-order chi connectivity index (χ0) is 29.6. The van der Waals surface area contributed by atoms with Crippen LogP contribution >= 0.6 is 23.2 Å². The van der Waals surface area contributed by atoms with E-state index in [1.165, 1.54) is 17.0 Å². The standard InChI is InChI=1S/C30H35Cl2N3O4S/c1-20(2)17-33-30(37)23(5)34(18-25-26(31)12-9-13-27(25)32)29(36)19-35(28-16-21(3)14-15-22(28)4)40(38,39)24-10-7-6-8-11-24/h6-16,20,23H,17-19H2,1-5H3,(H,33,37). The molecular formula is C30H35Cl2N3O4S. The minimum atomic E-state index is -4.15. The van der Waals surface area contributed by atoms with Crippen molar-refractivity contribution in [3.8, 4) is 0 Å². The predicted molar refractivity (Wildman–Crippen MR) is 161 cm³/mol. The number of hydrogen-bond acceptors (Lipinski definition) is 4. The Morgan fingerprint density at radius 3 is 2.12 bits per heavy atom. The van der Waals surface area contributed by atoms with Crippen molar-refractivity contribution >= 4 is 50.7 Å². The van der Waals surface area contributed by atoms with Gasteiger partial charge in [0, 0.05) is 28.7 Å². The van der Waals surface area contributed by atoms with Gasteiger partial charge in [0.2, 0.25) is 11.8 Å². The van der Waals surface area contributed by atoms with Crippen LogP contribution in [0.2, 0.25) is 10.0 Å². The number of sulfonamides is 1. The Hall–Kier alpha value is -3.07. The average Bonchev–Trinajstić information content (AvgIpc) is 2.91. The molecule has 1 N–H and O–H groups in total. The molecule has 0 aliphatic heterocycles. The second-order valence-corrected chi connectivity index (χ2v) is 12.8. The molecule has 0 aliphatic carbocycles.